The molecule has 2 fully saturated rings. The standard InChI is InChI=1S/C34H44F2N4O6S/c1-32(2,3)46-31(41)39-30-33(4,5)47(42,43)20-34(6,40-30)25-14-22(10-11-26(25)35)15-27(36)28-16-38-29(17-37-28)45-19-23-12-24(13-23)44-18-21-8-7-9-21/h10-11,14-17,21,23-24H,7-9,12-13,18-20H2,1-6H3,(H,39,40,41)/b27-15-/t23?,24?,34-/m0/s1. The van der Waals surface area contributed by atoms with Crippen LogP contribution in [0.2, 0.25) is 0 Å². The predicted molar refractivity (Wildman–Crippen MR) is 175 cm³/mol. The molecule has 5 rings (SSSR count). The Hall–Kier alpha value is -3.45. The van der Waals surface area contributed by atoms with Crippen LogP contribution in [0, 0.1) is 17.7 Å². The molecule has 2 aliphatic carbocycles. The van der Waals surface area contributed by atoms with Crippen molar-refractivity contribution in [2.45, 2.75) is 95.6 Å². The fraction of sp³-hybridized carbons (Fsp3) is 0.588. The highest BCUT2D eigenvalue weighted by molar-refractivity contribution is 7.93. The van der Waals surface area contributed by atoms with Gasteiger partial charge in [-0.1, -0.05) is 12.5 Å². The van der Waals surface area contributed by atoms with Gasteiger partial charge in [-0.3, -0.25) is 10.3 Å². The second-order valence-electron chi connectivity index (χ2n) is 14.5. The molecule has 0 saturated heterocycles. The maximum atomic E-state index is 15.3. The van der Waals surface area contributed by atoms with Crippen molar-refractivity contribution in [3.8, 4) is 5.88 Å². The maximum Gasteiger partial charge on any atom is 0.413 e. The molecule has 13 heteroatoms. The third-order valence-corrected chi connectivity index (χ3v) is 11.7. The summed E-state index contributed by atoms with van der Waals surface area (Å²) in [7, 11) is -3.96. The Morgan fingerprint density at radius 3 is 2.43 bits per heavy atom. The Morgan fingerprint density at radius 2 is 1.81 bits per heavy atom. The van der Waals surface area contributed by atoms with Crippen molar-refractivity contribution >= 4 is 33.7 Å². The number of hydrogen-bond acceptors (Lipinski definition) is 9. The molecule has 0 radical (unpaired) electrons. The number of nitrogens with zero attached hydrogens (tertiary/aromatic N) is 3. The number of nitrogens with one attached hydrogen (secondary N) is 1. The average molecular weight is 675 g/mol. The molecule has 1 N–H and O–H groups in total. The second-order valence-corrected chi connectivity index (χ2v) is 17.0. The number of aromatic nitrogens is 2. The van der Waals surface area contributed by atoms with Gasteiger partial charge in [0, 0.05) is 12.2 Å². The zero-order valence-electron chi connectivity index (χ0n) is 27.8. The van der Waals surface area contributed by atoms with Gasteiger partial charge >= 0.3 is 6.09 Å². The molecule has 47 heavy (non-hydrogen) atoms. The number of amidine groups is 1. The first-order valence-electron chi connectivity index (χ1n) is 16.0. The van der Waals surface area contributed by atoms with Gasteiger partial charge in [-0.05, 0) is 103 Å². The number of benzene rings is 1. The van der Waals surface area contributed by atoms with Gasteiger partial charge in [0.15, 0.2) is 15.7 Å². The first-order valence-corrected chi connectivity index (χ1v) is 17.7. The van der Waals surface area contributed by atoms with Crippen LogP contribution in [-0.4, -0.2) is 65.7 Å². The average Bonchev–Trinajstić information content (AvgIpc) is 2.91. The first-order chi connectivity index (χ1) is 21.9. The van der Waals surface area contributed by atoms with Crippen LogP contribution in [-0.2, 0) is 24.8 Å². The van der Waals surface area contributed by atoms with Crippen LogP contribution in [0.3, 0.4) is 0 Å². The van der Waals surface area contributed by atoms with Crippen LogP contribution in [0.25, 0.3) is 11.9 Å². The Bertz CT molecular complexity index is 1650. The van der Waals surface area contributed by atoms with E-state index in [0.717, 1.165) is 37.5 Å². The van der Waals surface area contributed by atoms with E-state index in [0.29, 0.717) is 18.6 Å². The topological polar surface area (TPSA) is 129 Å². The summed E-state index contributed by atoms with van der Waals surface area (Å²) in [5.41, 5.74) is -2.36. The summed E-state index contributed by atoms with van der Waals surface area (Å²) in [6.07, 6.45) is 8.92. The molecule has 0 bridgehead atoms. The highest BCUT2D eigenvalue weighted by Gasteiger charge is 2.51. The van der Waals surface area contributed by atoms with Crippen LogP contribution < -0.4 is 10.1 Å². The van der Waals surface area contributed by atoms with Gasteiger partial charge in [0.2, 0.25) is 5.88 Å². The number of alkyl carbamates (subject to hydrolysis) is 1. The monoisotopic (exact) mass is 674 g/mol. The van der Waals surface area contributed by atoms with E-state index in [2.05, 4.69) is 20.3 Å². The normalized spacial score (nSPS) is 25.6. The smallest absolute Gasteiger partial charge is 0.413 e. The van der Waals surface area contributed by atoms with E-state index < -0.39 is 49.2 Å². The van der Waals surface area contributed by atoms with Crippen LogP contribution in [0.5, 0.6) is 5.88 Å². The second kappa shape index (κ2) is 13.2. The van der Waals surface area contributed by atoms with Crippen LogP contribution in [0.15, 0.2) is 35.6 Å². The van der Waals surface area contributed by atoms with E-state index in [-0.39, 0.29) is 28.5 Å². The van der Waals surface area contributed by atoms with Crippen LogP contribution in [0.1, 0.15) is 90.5 Å². The van der Waals surface area contributed by atoms with Crippen LogP contribution >= 0.6 is 0 Å². The Kier molecular flexibility index (Phi) is 9.81. The number of rotatable bonds is 9. The SMILES string of the molecule is CC(C)(C)OC(=O)NC1=N[C@](C)(c2cc(/C=C(\F)c3cnc(OCC4CC(OCC5CCC5)C4)cn3)ccc2F)CS(=O)(=O)C1(C)C. The van der Waals surface area contributed by atoms with E-state index in [1.807, 2.05) is 0 Å². The summed E-state index contributed by atoms with van der Waals surface area (Å²) in [6.45, 7) is 10.6. The fourth-order valence-electron chi connectivity index (χ4n) is 5.69. The molecular formula is C34H44F2N4O6S. The van der Waals surface area contributed by atoms with Gasteiger partial charge in [0.1, 0.15) is 33.2 Å². The molecule has 1 aromatic carbocycles. The van der Waals surface area contributed by atoms with Crippen molar-refractivity contribution in [2.75, 3.05) is 19.0 Å². The molecule has 2 heterocycles. The number of halogens is 2. The Morgan fingerprint density at radius 1 is 1.09 bits per heavy atom. The molecule has 0 unspecified atom stereocenters. The van der Waals surface area contributed by atoms with Gasteiger partial charge in [-0.2, -0.15) is 0 Å². The van der Waals surface area contributed by atoms with Crippen molar-refractivity contribution in [1.82, 2.24) is 15.3 Å². The molecule has 1 aromatic heterocycles. The molecule has 2 aromatic rings. The van der Waals surface area contributed by atoms with Crippen molar-refractivity contribution in [2.24, 2.45) is 16.8 Å². The summed E-state index contributed by atoms with van der Waals surface area (Å²) in [5.74, 6) is -0.794. The zero-order valence-corrected chi connectivity index (χ0v) is 28.6. The Balaban J connectivity index is 1.27. The van der Waals surface area contributed by atoms with Gasteiger partial charge in [-0.15, -0.1) is 0 Å². The van der Waals surface area contributed by atoms with E-state index in [9.17, 15) is 13.2 Å². The summed E-state index contributed by atoms with van der Waals surface area (Å²) in [4.78, 5) is 25.4. The van der Waals surface area contributed by atoms with Crippen molar-refractivity contribution in [1.29, 1.82) is 0 Å². The van der Waals surface area contributed by atoms with E-state index in [1.54, 1.807) is 20.8 Å². The number of sulfone groups is 1. The lowest BCUT2D eigenvalue weighted by Crippen LogP contribution is -2.58. The quantitative estimate of drug-likeness (QED) is 0.324. The van der Waals surface area contributed by atoms with E-state index >= 15 is 8.78 Å². The summed E-state index contributed by atoms with van der Waals surface area (Å²) in [6, 6.07) is 3.82. The molecular weight excluding hydrogens is 630 g/mol. The molecule has 256 valence electrons. The fourth-order valence-corrected chi connectivity index (χ4v) is 7.40. The lowest BCUT2D eigenvalue weighted by atomic mass is 9.82. The molecule has 1 atom stereocenters. The highest BCUT2D eigenvalue weighted by Crippen LogP contribution is 2.39. The molecule has 10 nitrogen and oxygen atoms in total. The number of ether oxygens (including phenoxy) is 3. The number of aliphatic imine (C=N–C) groups is 1. The summed E-state index contributed by atoms with van der Waals surface area (Å²) >= 11 is 0. The lowest BCUT2D eigenvalue weighted by molar-refractivity contribution is -0.0632. The van der Waals surface area contributed by atoms with Crippen molar-refractivity contribution < 1.29 is 36.2 Å². The van der Waals surface area contributed by atoms with Crippen LogP contribution in [0.4, 0.5) is 13.6 Å². The third kappa shape index (κ3) is 8.17. The van der Waals surface area contributed by atoms with Gasteiger partial charge < -0.3 is 14.2 Å². The number of hydrogen-bond donors (Lipinski definition) is 1. The Labute approximate surface area is 275 Å². The van der Waals surface area contributed by atoms with E-state index in [4.69, 9.17) is 14.2 Å². The maximum absolute atomic E-state index is 15.3. The predicted octanol–water partition coefficient (Wildman–Crippen LogP) is 6.40. The molecule has 1 amide bonds. The molecule has 3 aliphatic rings. The largest absolute Gasteiger partial charge is 0.476 e. The van der Waals surface area contributed by atoms with Crippen molar-refractivity contribution in [3.63, 3.8) is 0 Å². The lowest BCUT2D eigenvalue weighted by Gasteiger charge is -2.39. The third-order valence-electron chi connectivity index (χ3n) is 8.99. The van der Waals surface area contributed by atoms with Crippen molar-refractivity contribution in [3.05, 3.63) is 53.2 Å². The minimum Gasteiger partial charge on any atom is -0.476 e. The number of carbonyl (C=O) groups is 1. The zero-order chi connectivity index (χ0) is 34.2. The minimum atomic E-state index is -3.96. The van der Waals surface area contributed by atoms with Gasteiger partial charge in [0.05, 0.1) is 30.9 Å². The number of carbonyl (C=O) groups excluding carboxylic acids is 1. The number of amides is 1. The summed E-state index contributed by atoms with van der Waals surface area (Å²) < 4.78 is 72.9. The molecule has 2 saturated carbocycles. The highest BCUT2D eigenvalue weighted by atomic mass is 32.2. The first kappa shape index (κ1) is 34.9. The summed E-state index contributed by atoms with van der Waals surface area (Å²) in [5, 5.41) is 2.46. The van der Waals surface area contributed by atoms with Gasteiger partial charge in [0.25, 0.3) is 0 Å². The van der Waals surface area contributed by atoms with Gasteiger partial charge in [-0.25, -0.2) is 32.0 Å². The minimum absolute atomic E-state index is 0.0496. The molecule has 0 spiro atoms. The van der Waals surface area contributed by atoms with E-state index in [1.165, 1.54) is 64.6 Å². The molecule has 1 aliphatic heterocycles.